The van der Waals surface area contributed by atoms with Crippen molar-refractivity contribution >= 4 is 29.0 Å². The topological polar surface area (TPSA) is 29.1 Å². The lowest BCUT2D eigenvalue weighted by atomic mass is 10.1. The summed E-state index contributed by atoms with van der Waals surface area (Å²) in [6, 6.07) is 11.8. The van der Waals surface area contributed by atoms with Gasteiger partial charge in [0.2, 0.25) is 5.91 Å². The molecule has 0 aliphatic heterocycles. The van der Waals surface area contributed by atoms with Gasteiger partial charge in [0.25, 0.3) is 0 Å². The second-order valence-electron chi connectivity index (χ2n) is 3.89. The summed E-state index contributed by atoms with van der Waals surface area (Å²) in [5.41, 5.74) is 2.06. The van der Waals surface area contributed by atoms with E-state index in [9.17, 15) is 4.79 Å². The molecule has 0 saturated heterocycles. The number of benzene rings is 1. The van der Waals surface area contributed by atoms with Gasteiger partial charge in [0, 0.05) is 16.6 Å². The molecule has 1 N–H and O–H groups in total. The standard InChI is InChI=1S/C15H15NOS/c1-2-12-5-3-6-13(11-12)16-15(17)9-8-14-7-4-10-18-14/h3-11H,2H2,1H3,(H,16,17)/b9-8+. The summed E-state index contributed by atoms with van der Waals surface area (Å²) in [5, 5.41) is 4.85. The van der Waals surface area contributed by atoms with Gasteiger partial charge in [-0.3, -0.25) is 4.79 Å². The number of rotatable bonds is 4. The van der Waals surface area contributed by atoms with Crippen LogP contribution >= 0.6 is 11.3 Å². The van der Waals surface area contributed by atoms with Crippen LogP contribution < -0.4 is 5.32 Å². The Bertz CT molecular complexity index is 543. The van der Waals surface area contributed by atoms with Crippen LogP contribution in [-0.4, -0.2) is 5.91 Å². The predicted octanol–water partition coefficient (Wildman–Crippen LogP) is 3.96. The molecule has 1 heterocycles. The highest BCUT2D eigenvalue weighted by Crippen LogP contribution is 2.12. The summed E-state index contributed by atoms with van der Waals surface area (Å²) in [4.78, 5) is 12.8. The molecule has 1 amide bonds. The maximum atomic E-state index is 11.7. The van der Waals surface area contributed by atoms with Gasteiger partial charge < -0.3 is 5.32 Å². The van der Waals surface area contributed by atoms with E-state index >= 15 is 0 Å². The lowest BCUT2D eigenvalue weighted by molar-refractivity contribution is -0.111. The number of carbonyl (C=O) groups excluding carboxylic acids is 1. The monoisotopic (exact) mass is 257 g/mol. The van der Waals surface area contributed by atoms with Gasteiger partial charge in [-0.25, -0.2) is 0 Å². The average molecular weight is 257 g/mol. The number of nitrogens with one attached hydrogen (secondary N) is 1. The zero-order chi connectivity index (χ0) is 12.8. The van der Waals surface area contributed by atoms with Crippen LogP contribution in [-0.2, 0) is 11.2 Å². The van der Waals surface area contributed by atoms with Crippen LogP contribution in [0.2, 0.25) is 0 Å². The maximum Gasteiger partial charge on any atom is 0.248 e. The van der Waals surface area contributed by atoms with Crippen LogP contribution in [0.5, 0.6) is 0 Å². The van der Waals surface area contributed by atoms with Crippen LogP contribution in [0.1, 0.15) is 17.4 Å². The Hall–Kier alpha value is -1.87. The van der Waals surface area contributed by atoms with E-state index in [1.165, 1.54) is 5.56 Å². The zero-order valence-corrected chi connectivity index (χ0v) is 11.0. The summed E-state index contributed by atoms with van der Waals surface area (Å²) in [6.45, 7) is 2.09. The quantitative estimate of drug-likeness (QED) is 0.825. The molecule has 0 saturated carbocycles. The van der Waals surface area contributed by atoms with Crippen molar-refractivity contribution in [3.63, 3.8) is 0 Å². The third kappa shape index (κ3) is 3.57. The molecule has 0 radical (unpaired) electrons. The first-order valence-corrected chi connectivity index (χ1v) is 6.77. The first kappa shape index (κ1) is 12.6. The Labute approximate surface area is 111 Å². The van der Waals surface area contributed by atoms with Crippen molar-refractivity contribution in [1.29, 1.82) is 0 Å². The molecular weight excluding hydrogens is 242 g/mol. The molecule has 2 nitrogen and oxygen atoms in total. The van der Waals surface area contributed by atoms with E-state index in [-0.39, 0.29) is 5.91 Å². The molecule has 1 aromatic heterocycles. The summed E-state index contributed by atoms with van der Waals surface area (Å²) >= 11 is 1.61. The van der Waals surface area contributed by atoms with Gasteiger partial charge in [-0.05, 0) is 41.6 Å². The van der Waals surface area contributed by atoms with Crippen molar-refractivity contribution in [3.05, 3.63) is 58.3 Å². The van der Waals surface area contributed by atoms with Crippen LogP contribution in [0.4, 0.5) is 5.69 Å². The molecule has 2 rings (SSSR count). The van der Waals surface area contributed by atoms with Gasteiger partial charge in [-0.1, -0.05) is 25.1 Å². The molecule has 0 fully saturated rings. The molecule has 18 heavy (non-hydrogen) atoms. The van der Waals surface area contributed by atoms with E-state index in [0.29, 0.717) is 0 Å². The first-order chi connectivity index (χ1) is 8.78. The van der Waals surface area contributed by atoms with Crippen molar-refractivity contribution in [1.82, 2.24) is 0 Å². The predicted molar refractivity (Wildman–Crippen MR) is 77.8 cm³/mol. The third-order valence-corrected chi connectivity index (χ3v) is 3.38. The van der Waals surface area contributed by atoms with Crippen LogP contribution in [0.25, 0.3) is 6.08 Å². The summed E-state index contributed by atoms with van der Waals surface area (Å²) in [6.07, 6.45) is 4.35. The number of hydrogen-bond donors (Lipinski definition) is 1. The fourth-order valence-electron chi connectivity index (χ4n) is 1.60. The molecule has 3 heteroatoms. The molecule has 0 aliphatic carbocycles. The Balaban J connectivity index is 1.98. The maximum absolute atomic E-state index is 11.7. The minimum absolute atomic E-state index is 0.100. The highest BCUT2D eigenvalue weighted by atomic mass is 32.1. The second-order valence-corrected chi connectivity index (χ2v) is 4.87. The fraction of sp³-hybridized carbons (Fsp3) is 0.133. The normalized spacial score (nSPS) is 10.7. The van der Waals surface area contributed by atoms with E-state index in [1.54, 1.807) is 17.4 Å². The number of amides is 1. The van der Waals surface area contributed by atoms with Crippen LogP contribution in [0.3, 0.4) is 0 Å². The average Bonchev–Trinajstić information content (AvgIpc) is 2.90. The second kappa shape index (κ2) is 6.17. The molecule has 0 bridgehead atoms. The molecule has 1 aromatic carbocycles. The van der Waals surface area contributed by atoms with E-state index in [0.717, 1.165) is 17.0 Å². The van der Waals surface area contributed by atoms with E-state index < -0.39 is 0 Å². The Morgan fingerprint density at radius 3 is 2.94 bits per heavy atom. The van der Waals surface area contributed by atoms with Crippen molar-refractivity contribution in [2.45, 2.75) is 13.3 Å². The smallest absolute Gasteiger partial charge is 0.248 e. The van der Waals surface area contributed by atoms with Gasteiger partial charge in [-0.2, -0.15) is 0 Å². The lowest BCUT2D eigenvalue weighted by Crippen LogP contribution is -2.07. The van der Waals surface area contributed by atoms with Crippen molar-refractivity contribution < 1.29 is 4.79 Å². The molecular formula is C15H15NOS. The molecule has 0 spiro atoms. The summed E-state index contributed by atoms with van der Waals surface area (Å²) < 4.78 is 0. The van der Waals surface area contributed by atoms with E-state index in [4.69, 9.17) is 0 Å². The van der Waals surface area contributed by atoms with Gasteiger partial charge in [0.15, 0.2) is 0 Å². The largest absolute Gasteiger partial charge is 0.323 e. The Kier molecular flexibility index (Phi) is 4.31. The van der Waals surface area contributed by atoms with E-state index in [1.807, 2.05) is 41.8 Å². The van der Waals surface area contributed by atoms with Crippen LogP contribution in [0.15, 0.2) is 47.9 Å². The minimum atomic E-state index is -0.100. The van der Waals surface area contributed by atoms with Crippen molar-refractivity contribution in [2.24, 2.45) is 0 Å². The number of aryl methyl sites for hydroxylation is 1. The van der Waals surface area contributed by atoms with Crippen molar-refractivity contribution in [3.8, 4) is 0 Å². The molecule has 0 unspecified atom stereocenters. The fourth-order valence-corrected chi connectivity index (χ4v) is 2.21. The minimum Gasteiger partial charge on any atom is -0.323 e. The Morgan fingerprint density at radius 2 is 2.22 bits per heavy atom. The number of carbonyl (C=O) groups is 1. The number of anilines is 1. The third-order valence-electron chi connectivity index (χ3n) is 2.54. The first-order valence-electron chi connectivity index (χ1n) is 5.89. The lowest BCUT2D eigenvalue weighted by Gasteiger charge is -2.03. The molecule has 0 aliphatic rings. The zero-order valence-electron chi connectivity index (χ0n) is 10.2. The Morgan fingerprint density at radius 1 is 1.33 bits per heavy atom. The number of thiophene rings is 1. The van der Waals surface area contributed by atoms with Crippen molar-refractivity contribution in [2.75, 3.05) is 5.32 Å². The van der Waals surface area contributed by atoms with Crippen LogP contribution in [0, 0.1) is 0 Å². The SMILES string of the molecule is CCc1cccc(NC(=O)/C=C/c2cccs2)c1. The van der Waals surface area contributed by atoms with Gasteiger partial charge in [0.05, 0.1) is 0 Å². The van der Waals surface area contributed by atoms with Gasteiger partial charge in [-0.15, -0.1) is 11.3 Å². The highest BCUT2D eigenvalue weighted by molar-refractivity contribution is 7.10. The molecule has 2 aromatic rings. The summed E-state index contributed by atoms with van der Waals surface area (Å²) in [7, 11) is 0. The van der Waals surface area contributed by atoms with Gasteiger partial charge >= 0.3 is 0 Å². The highest BCUT2D eigenvalue weighted by Gasteiger charge is 1.98. The summed E-state index contributed by atoms with van der Waals surface area (Å²) in [5.74, 6) is -0.100. The van der Waals surface area contributed by atoms with Gasteiger partial charge in [0.1, 0.15) is 0 Å². The molecule has 92 valence electrons. The van der Waals surface area contributed by atoms with E-state index in [2.05, 4.69) is 18.3 Å². The number of hydrogen-bond acceptors (Lipinski definition) is 2. The molecule has 0 atom stereocenters.